The molecule has 0 N–H and O–H groups in total. The van der Waals surface area contributed by atoms with Gasteiger partial charge in [0, 0.05) is 9.79 Å². The highest BCUT2D eigenvalue weighted by Crippen LogP contribution is 2.47. The van der Waals surface area contributed by atoms with Gasteiger partial charge < -0.3 is 4.90 Å². The zero-order valence-electron chi connectivity index (χ0n) is 12.3. The van der Waals surface area contributed by atoms with E-state index >= 15 is 0 Å². The molecule has 0 saturated heterocycles. The van der Waals surface area contributed by atoms with Gasteiger partial charge in [-0.15, -0.1) is 0 Å². The summed E-state index contributed by atoms with van der Waals surface area (Å²) in [7, 11) is 4.08. The molecule has 106 valence electrons. The van der Waals surface area contributed by atoms with Gasteiger partial charge in [0.05, 0.1) is 24.5 Å². The summed E-state index contributed by atoms with van der Waals surface area (Å²) in [4.78, 5) is 6.99. The number of rotatable bonds is 2. The molecule has 0 bridgehead atoms. The standard InChI is InChI=1S/C18H18N2S/c1-19(2)13-7-8-14-20-15-9-3-5-11-17(15)21-18-12-6-4-10-16(18)20/h3-6,9-12H,13-14H2,1-2H3. The van der Waals surface area contributed by atoms with Gasteiger partial charge in [0.15, 0.2) is 0 Å². The van der Waals surface area contributed by atoms with Crippen LogP contribution in [0, 0.1) is 11.8 Å². The molecule has 21 heavy (non-hydrogen) atoms. The number of hydrogen-bond acceptors (Lipinski definition) is 3. The lowest BCUT2D eigenvalue weighted by Gasteiger charge is -2.31. The first-order valence-electron chi connectivity index (χ1n) is 6.99. The molecule has 0 atom stereocenters. The molecule has 0 aliphatic carbocycles. The average Bonchev–Trinajstić information content (AvgIpc) is 2.50. The monoisotopic (exact) mass is 294 g/mol. The van der Waals surface area contributed by atoms with E-state index < -0.39 is 0 Å². The topological polar surface area (TPSA) is 6.48 Å². The van der Waals surface area contributed by atoms with E-state index in [-0.39, 0.29) is 0 Å². The highest BCUT2D eigenvalue weighted by Gasteiger charge is 2.21. The van der Waals surface area contributed by atoms with Crippen molar-refractivity contribution in [3.63, 3.8) is 0 Å². The molecule has 0 amide bonds. The van der Waals surface area contributed by atoms with Gasteiger partial charge in [-0.1, -0.05) is 47.9 Å². The predicted molar refractivity (Wildman–Crippen MR) is 90.3 cm³/mol. The predicted octanol–water partition coefficient (Wildman–Crippen LogP) is 3.85. The molecule has 1 heterocycles. The van der Waals surface area contributed by atoms with Crippen molar-refractivity contribution in [1.29, 1.82) is 0 Å². The molecular formula is C18H18N2S. The second kappa shape index (κ2) is 6.26. The lowest BCUT2D eigenvalue weighted by molar-refractivity contribution is 0.464. The molecule has 2 nitrogen and oxygen atoms in total. The average molecular weight is 294 g/mol. The molecule has 0 radical (unpaired) electrons. The number of hydrogen-bond donors (Lipinski definition) is 0. The maximum Gasteiger partial charge on any atom is 0.0844 e. The van der Waals surface area contributed by atoms with Crippen LogP contribution in [0.1, 0.15) is 0 Å². The van der Waals surface area contributed by atoms with Crippen molar-refractivity contribution in [2.75, 3.05) is 32.1 Å². The Balaban J connectivity index is 1.92. The Morgan fingerprint density at radius 2 is 1.48 bits per heavy atom. The molecule has 3 rings (SSSR count). The third-order valence-corrected chi connectivity index (χ3v) is 4.42. The molecule has 0 spiro atoms. The molecule has 1 aliphatic heterocycles. The highest BCUT2D eigenvalue weighted by molar-refractivity contribution is 7.99. The normalized spacial score (nSPS) is 12.4. The van der Waals surface area contributed by atoms with Crippen molar-refractivity contribution >= 4 is 23.1 Å². The Morgan fingerprint density at radius 1 is 0.905 bits per heavy atom. The van der Waals surface area contributed by atoms with Gasteiger partial charge in [-0.05, 0) is 38.4 Å². The van der Waals surface area contributed by atoms with Crippen molar-refractivity contribution in [2.45, 2.75) is 9.79 Å². The zero-order chi connectivity index (χ0) is 14.7. The lowest BCUT2D eigenvalue weighted by Crippen LogP contribution is -2.21. The number of anilines is 2. The summed E-state index contributed by atoms with van der Waals surface area (Å²) in [5.74, 6) is 6.51. The van der Waals surface area contributed by atoms with Crippen LogP contribution in [-0.2, 0) is 0 Å². The minimum atomic E-state index is 0.725. The van der Waals surface area contributed by atoms with E-state index in [1.807, 2.05) is 25.9 Å². The largest absolute Gasteiger partial charge is 0.328 e. The lowest BCUT2D eigenvalue weighted by atomic mass is 10.2. The second-order valence-corrected chi connectivity index (χ2v) is 6.30. The van der Waals surface area contributed by atoms with Crippen LogP contribution in [0.2, 0.25) is 0 Å². The van der Waals surface area contributed by atoms with E-state index in [0.717, 1.165) is 13.1 Å². The molecule has 0 saturated carbocycles. The summed E-state index contributed by atoms with van der Waals surface area (Å²) < 4.78 is 0. The van der Waals surface area contributed by atoms with Crippen LogP contribution < -0.4 is 4.90 Å². The number of benzene rings is 2. The van der Waals surface area contributed by atoms with Gasteiger partial charge in [0.1, 0.15) is 0 Å². The minimum Gasteiger partial charge on any atom is -0.328 e. The first-order valence-corrected chi connectivity index (χ1v) is 7.81. The van der Waals surface area contributed by atoms with Gasteiger partial charge in [0.25, 0.3) is 0 Å². The summed E-state index contributed by atoms with van der Waals surface area (Å²) in [5, 5.41) is 0. The van der Waals surface area contributed by atoms with E-state index in [2.05, 4.69) is 70.2 Å². The van der Waals surface area contributed by atoms with Crippen molar-refractivity contribution in [3.8, 4) is 11.8 Å². The fraction of sp³-hybridized carbons (Fsp3) is 0.222. The molecular weight excluding hydrogens is 276 g/mol. The molecule has 0 unspecified atom stereocenters. The van der Waals surface area contributed by atoms with Gasteiger partial charge in [-0.2, -0.15) is 0 Å². The van der Waals surface area contributed by atoms with Crippen LogP contribution >= 0.6 is 11.8 Å². The Kier molecular flexibility index (Phi) is 4.19. The van der Waals surface area contributed by atoms with Crippen LogP contribution in [-0.4, -0.2) is 32.1 Å². The van der Waals surface area contributed by atoms with E-state index in [1.165, 1.54) is 21.2 Å². The fourth-order valence-electron chi connectivity index (χ4n) is 2.30. The second-order valence-electron chi connectivity index (χ2n) is 5.21. The molecule has 0 aromatic heterocycles. The highest BCUT2D eigenvalue weighted by atomic mass is 32.2. The first kappa shape index (κ1) is 14.1. The van der Waals surface area contributed by atoms with Crippen LogP contribution in [0.15, 0.2) is 58.3 Å². The van der Waals surface area contributed by atoms with Gasteiger partial charge in [-0.25, -0.2) is 0 Å². The van der Waals surface area contributed by atoms with Crippen molar-refractivity contribution in [1.82, 2.24) is 4.90 Å². The van der Waals surface area contributed by atoms with E-state index in [9.17, 15) is 0 Å². The Bertz CT molecular complexity index is 652. The zero-order valence-corrected chi connectivity index (χ0v) is 13.2. The molecule has 0 fully saturated rings. The smallest absolute Gasteiger partial charge is 0.0844 e. The number of para-hydroxylation sites is 2. The van der Waals surface area contributed by atoms with Crippen LogP contribution in [0.25, 0.3) is 0 Å². The van der Waals surface area contributed by atoms with Crippen LogP contribution in [0.5, 0.6) is 0 Å². The summed E-state index contributed by atoms with van der Waals surface area (Å²) in [5.41, 5.74) is 2.50. The van der Waals surface area contributed by atoms with Crippen molar-refractivity contribution < 1.29 is 0 Å². The molecule has 2 aromatic carbocycles. The molecule has 3 heteroatoms. The fourth-order valence-corrected chi connectivity index (χ4v) is 3.40. The Labute approximate surface area is 130 Å². The third kappa shape index (κ3) is 3.07. The SMILES string of the molecule is CN(C)CC#CCN1c2ccccc2Sc2ccccc21. The van der Waals surface area contributed by atoms with Gasteiger partial charge >= 0.3 is 0 Å². The van der Waals surface area contributed by atoms with Gasteiger partial charge in [-0.3, -0.25) is 4.90 Å². The maximum atomic E-state index is 3.29. The molecule has 2 aromatic rings. The number of nitrogens with zero attached hydrogens (tertiary/aromatic N) is 2. The summed E-state index contributed by atoms with van der Waals surface area (Å²) in [6.45, 7) is 1.52. The van der Waals surface area contributed by atoms with Crippen LogP contribution in [0.3, 0.4) is 0 Å². The number of fused-ring (bicyclic) bond motifs is 2. The third-order valence-electron chi connectivity index (χ3n) is 3.29. The summed E-state index contributed by atoms with van der Waals surface area (Å²) >= 11 is 1.83. The maximum absolute atomic E-state index is 3.29. The first-order chi connectivity index (χ1) is 10.3. The quantitative estimate of drug-likeness (QED) is 0.777. The Hall–Kier alpha value is -1.89. The van der Waals surface area contributed by atoms with Crippen LogP contribution in [0.4, 0.5) is 11.4 Å². The van der Waals surface area contributed by atoms with E-state index in [1.54, 1.807) is 0 Å². The van der Waals surface area contributed by atoms with Gasteiger partial charge in [0.2, 0.25) is 0 Å². The summed E-state index contributed by atoms with van der Waals surface area (Å²) in [6, 6.07) is 17.1. The summed E-state index contributed by atoms with van der Waals surface area (Å²) in [6.07, 6.45) is 0. The molecule has 1 aliphatic rings. The van der Waals surface area contributed by atoms with Crippen molar-refractivity contribution in [2.24, 2.45) is 0 Å². The van der Waals surface area contributed by atoms with E-state index in [0.29, 0.717) is 0 Å². The Morgan fingerprint density at radius 3 is 2.05 bits per heavy atom. The van der Waals surface area contributed by atoms with E-state index in [4.69, 9.17) is 0 Å². The van der Waals surface area contributed by atoms with Crippen molar-refractivity contribution in [3.05, 3.63) is 48.5 Å². The minimum absolute atomic E-state index is 0.725.